The van der Waals surface area contributed by atoms with Crippen molar-refractivity contribution in [2.45, 2.75) is 6.42 Å². The van der Waals surface area contributed by atoms with Gasteiger partial charge in [-0.2, -0.15) is 0 Å². The summed E-state index contributed by atoms with van der Waals surface area (Å²) in [6, 6.07) is 8.87. The molecule has 19 heavy (non-hydrogen) atoms. The van der Waals surface area contributed by atoms with Crippen molar-refractivity contribution in [1.29, 1.82) is 0 Å². The summed E-state index contributed by atoms with van der Waals surface area (Å²) in [4.78, 5) is 16.0. The Bertz CT molecular complexity index is 627. The van der Waals surface area contributed by atoms with Crippen LogP contribution in [0.3, 0.4) is 0 Å². The van der Waals surface area contributed by atoms with E-state index in [1.807, 2.05) is 24.3 Å². The summed E-state index contributed by atoms with van der Waals surface area (Å²) in [6.45, 7) is 0.326. The first-order valence-electron chi connectivity index (χ1n) is 6.09. The van der Waals surface area contributed by atoms with E-state index in [1.165, 1.54) is 12.3 Å². The topological polar surface area (TPSA) is 39.2 Å². The van der Waals surface area contributed by atoms with Crippen molar-refractivity contribution in [3.05, 3.63) is 59.7 Å². The number of pyridine rings is 1. The minimum atomic E-state index is -0.497. The Morgan fingerprint density at radius 3 is 3.00 bits per heavy atom. The average molecular weight is 257 g/mol. The second-order valence-electron chi connectivity index (χ2n) is 4.58. The number of fused-ring (bicyclic) bond motifs is 1. The highest BCUT2D eigenvalue weighted by Crippen LogP contribution is 2.28. The van der Waals surface area contributed by atoms with Crippen LogP contribution < -0.4 is 4.74 Å². The second-order valence-corrected chi connectivity index (χ2v) is 4.58. The van der Waals surface area contributed by atoms with Crippen molar-refractivity contribution < 1.29 is 13.9 Å². The third-order valence-electron chi connectivity index (χ3n) is 3.24. The molecule has 3 rings (SSSR count). The van der Waals surface area contributed by atoms with Crippen LogP contribution in [0.5, 0.6) is 5.75 Å². The molecule has 4 heteroatoms. The lowest BCUT2D eigenvalue weighted by Gasteiger charge is -2.24. The molecule has 0 amide bonds. The van der Waals surface area contributed by atoms with Gasteiger partial charge in [-0.3, -0.25) is 9.78 Å². The molecular weight excluding hydrogens is 245 g/mol. The van der Waals surface area contributed by atoms with Crippen molar-refractivity contribution in [3.8, 4) is 5.75 Å². The SMILES string of the molecule is O=C(c1cncc(F)c1)C1COc2ccccc2C1. The molecule has 1 aromatic carbocycles. The maximum absolute atomic E-state index is 13.1. The number of Topliss-reactive ketones (excluding diaryl/α,β-unsaturated/α-hetero) is 1. The van der Waals surface area contributed by atoms with E-state index in [-0.39, 0.29) is 11.7 Å². The molecule has 3 nitrogen and oxygen atoms in total. The molecule has 1 aromatic heterocycles. The van der Waals surface area contributed by atoms with Gasteiger partial charge in [-0.15, -0.1) is 0 Å². The van der Waals surface area contributed by atoms with Gasteiger partial charge in [-0.25, -0.2) is 4.39 Å². The molecule has 0 aliphatic carbocycles. The van der Waals surface area contributed by atoms with E-state index in [1.54, 1.807) is 0 Å². The number of benzene rings is 1. The van der Waals surface area contributed by atoms with E-state index < -0.39 is 5.82 Å². The number of carbonyl (C=O) groups excluding carboxylic acids is 1. The number of carbonyl (C=O) groups is 1. The Balaban J connectivity index is 1.83. The van der Waals surface area contributed by atoms with Crippen LogP contribution in [0.25, 0.3) is 0 Å². The number of rotatable bonds is 2. The van der Waals surface area contributed by atoms with Crippen LogP contribution in [-0.4, -0.2) is 17.4 Å². The van der Waals surface area contributed by atoms with Crippen LogP contribution >= 0.6 is 0 Å². The van der Waals surface area contributed by atoms with Crippen LogP contribution in [-0.2, 0) is 6.42 Å². The highest BCUT2D eigenvalue weighted by molar-refractivity contribution is 5.98. The van der Waals surface area contributed by atoms with Gasteiger partial charge in [0.1, 0.15) is 11.6 Å². The minimum Gasteiger partial charge on any atom is -0.493 e. The summed E-state index contributed by atoms with van der Waals surface area (Å²) in [7, 11) is 0. The maximum atomic E-state index is 13.1. The van der Waals surface area contributed by atoms with Crippen molar-refractivity contribution in [1.82, 2.24) is 4.98 Å². The zero-order chi connectivity index (χ0) is 13.2. The Morgan fingerprint density at radius 2 is 2.16 bits per heavy atom. The smallest absolute Gasteiger partial charge is 0.171 e. The van der Waals surface area contributed by atoms with Gasteiger partial charge in [0.2, 0.25) is 0 Å². The van der Waals surface area contributed by atoms with Crippen molar-refractivity contribution in [2.75, 3.05) is 6.61 Å². The van der Waals surface area contributed by atoms with Crippen LogP contribution in [0.2, 0.25) is 0 Å². The van der Waals surface area contributed by atoms with Gasteiger partial charge in [0, 0.05) is 11.8 Å². The zero-order valence-electron chi connectivity index (χ0n) is 10.2. The Labute approximate surface area is 110 Å². The number of ketones is 1. The number of nitrogens with zero attached hydrogens (tertiary/aromatic N) is 1. The molecule has 2 heterocycles. The summed E-state index contributed by atoms with van der Waals surface area (Å²) < 4.78 is 18.7. The van der Waals surface area contributed by atoms with Gasteiger partial charge in [-0.1, -0.05) is 18.2 Å². The van der Waals surface area contributed by atoms with Crippen molar-refractivity contribution in [2.24, 2.45) is 5.92 Å². The molecule has 0 spiro atoms. The molecule has 0 saturated carbocycles. The fourth-order valence-electron chi connectivity index (χ4n) is 2.28. The van der Waals surface area contributed by atoms with E-state index in [9.17, 15) is 9.18 Å². The van der Waals surface area contributed by atoms with Gasteiger partial charge in [-0.05, 0) is 24.1 Å². The van der Waals surface area contributed by atoms with Crippen LogP contribution in [0, 0.1) is 11.7 Å². The molecule has 0 bridgehead atoms. The highest BCUT2D eigenvalue weighted by atomic mass is 19.1. The maximum Gasteiger partial charge on any atom is 0.171 e. The monoisotopic (exact) mass is 257 g/mol. The summed E-state index contributed by atoms with van der Waals surface area (Å²) in [5.74, 6) is -0.0769. The molecule has 1 aliphatic heterocycles. The molecule has 2 aromatic rings. The lowest BCUT2D eigenvalue weighted by Crippen LogP contribution is -2.28. The van der Waals surface area contributed by atoms with E-state index in [0.29, 0.717) is 18.6 Å². The first-order valence-corrected chi connectivity index (χ1v) is 6.09. The third kappa shape index (κ3) is 2.34. The Kier molecular flexibility index (Phi) is 2.99. The van der Waals surface area contributed by atoms with Crippen LogP contribution in [0.15, 0.2) is 42.7 Å². The number of para-hydroxylation sites is 1. The summed E-state index contributed by atoms with van der Waals surface area (Å²) in [6.07, 6.45) is 3.10. The number of aromatic nitrogens is 1. The molecule has 1 aliphatic rings. The fourth-order valence-corrected chi connectivity index (χ4v) is 2.28. The van der Waals surface area contributed by atoms with Gasteiger partial charge >= 0.3 is 0 Å². The lowest BCUT2D eigenvalue weighted by molar-refractivity contribution is 0.0854. The number of hydrogen-bond donors (Lipinski definition) is 0. The summed E-state index contributed by atoms with van der Waals surface area (Å²) in [5.41, 5.74) is 1.31. The zero-order valence-corrected chi connectivity index (χ0v) is 10.2. The predicted molar refractivity (Wildman–Crippen MR) is 67.7 cm³/mol. The summed E-state index contributed by atoms with van der Waals surface area (Å²) in [5, 5.41) is 0. The van der Waals surface area contributed by atoms with Gasteiger partial charge in [0.15, 0.2) is 5.78 Å². The number of hydrogen-bond acceptors (Lipinski definition) is 3. The molecule has 0 N–H and O–H groups in total. The van der Waals surface area contributed by atoms with Gasteiger partial charge in [0.05, 0.1) is 18.7 Å². The van der Waals surface area contributed by atoms with Gasteiger partial charge < -0.3 is 4.74 Å². The van der Waals surface area contributed by atoms with Crippen molar-refractivity contribution in [3.63, 3.8) is 0 Å². The quantitative estimate of drug-likeness (QED) is 0.776. The van der Waals surface area contributed by atoms with Crippen LogP contribution in [0.4, 0.5) is 4.39 Å². The Morgan fingerprint density at radius 1 is 1.32 bits per heavy atom. The predicted octanol–water partition coefficient (Wildman–Crippen LogP) is 2.65. The van der Waals surface area contributed by atoms with Crippen LogP contribution in [0.1, 0.15) is 15.9 Å². The highest BCUT2D eigenvalue weighted by Gasteiger charge is 2.26. The standard InChI is InChI=1S/C15H12FNO2/c16-13-6-11(7-17-8-13)15(18)12-5-10-3-1-2-4-14(10)19-9-12/h1-4,6-8,12H,5,9H2. The summed E-state index contributed by atoms with van der Waals surface area (Å²) >= 11 is 0. The molecular formula is C15H12FNO2. The number of ether oxygens (including phenoxy) is 1. The molecule has 0 saturated heterocycles. The first kappa shape index (κ1) is 11.8. The number of halogens is 1. The minimum absolute atomic E-state index is 0.124. The molecule has 96 valence electrons. The molecule has 1 unspecified atom stereocenters. The lowest BCUT2D eigenvalue weighted by atomic mass is 9.90. The largest absolute Gasteiger partial charge is 0.493 e. The van der Waals surface area contributed by atoms with E-state index >= 15 is 0 Å². The average Bonchev–Trinajstić information content (AvgIpc) is 2.46. The van der Waals surface area contributed by atoms with E-state index in [2.05, 4.69) is 4.98 Å². The molecule has 0 fully saturated rings. The Hall–Kier alpha value is -2.23. The third-order valence-corrected chi connectivity index (χ3v) is 3.24. The molecule has 0 radical (unpaired) electrons. The van der Waals surface area contributed by atoms with Crippen molar-refractivity contribution >= 4 is 5.78 Å². The van der Waals surface area contributed by atoms with E-state index in [4.69, 9.17) is 4.74 Å². The van der Waals surface area contributed by atoms with E-state index in [0.717, 1.165) is 17.5 Å². The normalized spacial score (nSPS) is 17.4. The first-order chi connectivity index (χ1) is 9.24. The van der Waals surface area contributed by atoms with Gasteiger partial charge in [0.25, 0.3) is 0 Å². The fraction of sp³-hybridized carbons (Fsp3) is 0.200. The molecule has 1 atom stereocenters. The second kappa shape index (κ2) is 4.80.